The minimum Gasteiger partial charge on any atom is -0.324 e. The van der Waals surface area contributed by atoms with E-state index in [0.29, 0.717) is 0 Å². The Bertz CT molecular complexity index is 423. The number of thiazole rings is 1. The fraction of sp³-hybridized carbons (Fsp3) is 0.250. The van der Waals surface area contributed by atoms with Gasteiger partial charge in [-0.3, -0.25) is 0 Å². The third kappa shape index (κ3) is 2.84. The molecule has 2 aromatic rings. The molecule has 0 saturated heterocycles. The molecule has 1 atom stereocenters. The molecule has 0 bridgehead atoms. The SMILES string of the molecule is CSc1ccc(C(N)Cc2nccs2)cc1. The lowest BCUT2D eigenvalue weighted by Crippen LogP contribution is -2.12. The second kappa shape index (κ2) is 5.48. The van der Waals surface area contributed by atoms with Gasteiger partial charge in [0.1, 0.15) is 0 Å². The minimum absolute atomic E-state index is 0.0436. The Kier molecular flexibility index (Phi) is 3.98. The van der Waals surface area contributed by atoms with Gasteiger partial charge in [-0.1, -0.05) is 12.1 Å². The lowest BCUT2D eigenvalue weighted by Gasteiger charge is -2.10. The number of hydrogen-bond acceptors (Lipinski definition) is 4. The number of thioether (sulfide) groups is 1. The number of rotatable bonds is 4. The second-order valence-corrected chi connectivity index (χ2v) is 5.37. The van der Waals surface area contributed by atoms with Crippen molar-refractivity contribution in [2.24, 2.45) is 5.73 Å². The van der Waals surface area contributed by atoms with Crippen molar-refractivity contribution in [3.63, 3.8) is 0 Å². The molecular weight excluding hydrogens is 236 g/mol. The highest BCUT2D eigenvalue weighted by molar-refractivity contribution is 7.98. The maximum absolute atomic E-state index is 6.14. The molecule has 0 saturated carbocycles. The molecule has 16 heavy (non-hydrogen) atoms. The molecule has 2 rings (SSSR count). The fourth-order valence-corrected chi connectivity index (χ4v) is 2.60. The van der Waals surface area contributed by atoms with E-state index in [4.69, 9.17) is 5.73 Å². The molecule has 0 aliphatic heterocycles. The Labute approximate surface area is 104 Å². The van der Waals surface area contributed by atoms with Gasteiger partial charge in [-0.15, -0.1) is 23.1 Å². The van der Waals surface area contributed by atoms with E-state index in [1.165, 1.54) is 10.5 Å². The Morgan fingerprint density at radius 1 is 1.38 bits per heavy atom. The van der Waals surface area contributed by atoms with Crippen molar-refractivity contribution in [1.29, 1.82) is 0 Å². The molecule has 0 spiro atoms. The summed E-state index contributed by atoms with van der Waals surface area (Å²) < 4.78 is 0. The summed E-state index contributed by atoms with van der Waals surface area (Å²) in [6.45, 7) is 0. The highest BCUT2D eigenvalue weighted by Gasteiger charge is 2.08. The van der Waals surface area contributed by atoms with Crippen LogP contribution in [0.15, 0.2) is 40.7 Å². The van der Waals surface area contributed by atoms with Crippen LogP contribution in [-0.4, -0.2) is 11.2 Å². The van der Waals surface area contributed by atoms with E-state index in [0.717, 1.165) is 11.4 Å². The first-order chi connectivity index (χ1) is 7.79. The van der Waals surface area contributed by atoms with Crippen molar-refractivity contribution < 1.29 is 0 Å². The first-order valence-electron chi connectivity index (χ1n) is 5.07. The molecule has 0 amide bonds. The van der Waals surface area contributed by atoms with Crippen LogP contribution in [0.4, 0.5) is 0 Å². The lowest BCUT2D eigenvalue weighted by atomic mass is 10.1. The van der Waals surface area contributed by atoms with E-state index >= 15 is 0 Å². The predicted octanol–water partition coefficient (Wildman–Crippen LogP) is 3.11. The van der Waals surface area contributed by atoms with Crippen molar-refractivity contribution in [2.45, 2.75) is 17.4 Å². The first-order valence-corrected chi connectivity index (χ1v) is 7.18. The lowest BCUT2D eigenvalue weighted by molar-refractivity contribution is 0.717. The smallest absolute Gasteiger partial charge is 0.0943 e. The topological polar surface area (TPSA) is 38.9 Å². The van der Waals surface area contributed by atoms with E-state index in [2.05, 4.69) is 35.5 Å². The van der Waals surface area contributed by atoms with E-state index < -0.39 is 0 Å². The highest BCUT2D eigenvalue weighted by Crippen LogP contribution is 2.20. The van der Waals surface area contributed by atoms with Gasteiger partial charge in [-0.05, 0) is 24.0 Å². The molecule has 0 radical (unpaired) electrons. The van der Waals surface area contributed by atoms with Crippen LogP contribution in [0, 0.1) is 0 Å². The third-order valence-corrected chi connectivity index (χ3v) is 3.97. The van der Waals surface area contributed by atoms with Crippen molar-refractivity contribution in [3.8, 4) is 0 Å². The van der Waals surface area contributed by atoms with Crippen molar-refractivity contribution >= 4 is 23.1 Å². The zero-order valence-electron chi connectivity index (χ0n) is 9.09. The summed E-state index contributed by atoms with van der Waals surface area (Å²) in [5.74, 6) is 0. The summed E-state index contributed by atoms with van der Waals surface area (Å²) in [6.07, 6.45) is 4.71. The zero-order chi connectivity index (χ0) is 11.4. The van der Waals surface area contributed by atoms with Gasteiger partial charge in [0.15, 0.2) is 0 Å². The summed E-state index contributed by atoms with van der Waals surface area (Å²) >= 11 is 3.40. The zero-order valence-corrected chi connectivity index (χ0v) is 10.7. The largest absolute Gasteiger partial charge is 0.324 e. The van der Waals surface area contributed by atoms with Crippen LogP contribution in [-0.2, 0) is 6.42 Å². The van der Waals surface area contributed by atoms with Crippen molar-refractivity contribution in [3.05, 3.63) is 46.4 Å². The molecule has 0 fully saturated rings. The standard InChI is InChI=1S/C12H14N2S2/c1-15-10-4-2-9(3-5-10)11(13)8-12-14-6-7-16-12/h2-7,11H,8,13H2,1H3. The molecule has 84 valence electrons. The molecule has 0 aliphatic rings. The Balaban J connectivity index is 2.05. The summed E-state index contributed by atoms with van der Waals surface area (Å²) in [6, 6.07) is 8.47. The van der Waals surface area contributed by atoms with Gasteiger partial charge in [0.05, 0.1) is 5.01 Å². The van der Waals surface area contributed by atoms with E-state index in [1.807, 2.05) is 11.6 Å². The number of aromatic nitrogens is 1. The Hall–Kier alpha value is -0.840. The highest BCUT2D eigenvalue weighted by atomic mass is 32.2. The van der Waals surface area contributed by atoms with Gasteiger partial charge in [0, 0.05) is 28.9 Å². The first kappa shape index (κ1) is 11.6. The number of hydrogen-bond donors (Lipinski definition) is 1. The summed E-state index contributed by atoms with van der Waals surface area (Å²) in [5.41, 5.74) is 7.31. The number of nitrogens with two attached hydrogens (primary N) is 1. The molecule has 1 aromatic heterocycles. The monoisotopic (exact) mass is 250 g/mol. The van der Waals surface area contributed by atoms with Crippen LogP contribution in [0.5, 0.6) is 0 Å². The van der Waals surface area contributed by atoms with Crippen LogP contribution in [0.1, 0.15) is 16.6 Å². The van der Waals surface area contributed by atoms with Crippen molar-refractivity contribution in [2.75, 3.05) is 6.26 Å². The molecule has 1 heterocycles. The molecular formula is C12H14N2S2. The Morgan fingerprint density at radius 3 is 2.69 bits per heavy atom. The van der Waals surface area contributed by atoms with Crippen LogP contribution >= 0.6 is 23.1 Å². The average Bonchev–Trinajstić information content (AvgIpc) is 2.82. The van der Waals surface area contributed by atoms with Crippen molar-refractivity contribution in [1.82, 2.24) is 4.98 Å². The summed E-state index contributed by atoms with van der Waals surface area (Å²) in [5, 5.41) is 3.08. The molecule has 1 aromatic carbocycles. The maximum atomic E-state index is 6.14. The molecule has 2 nitrogen and oxygen atoms in total. The van der Waals surface area contributed by atoms with Gasteiger partial charge in [0.2, 0.25) is 0 Å². The Morgan fingerprint density at radius 2 is 2.12 bits per heavy atom. The maximum Gasteiger partial charge on any atom is 0.0943 e. The second-order valence-electron chi connectivity index (χ2n) is 3.51. The van der Waals surface area contributed by atoms with E-state index in [-0.39, 0.29) is 6.04 Å². The fourth-order valence-electron chi connectivity index (χ4n) is 1.51. The average molecular weight is 250 g/mol. The molecule has 2 N–H and O–H groups in total. The normalized spacial score (nSPS) is 12.6. The number of nitrogens with zero attached hydrogens (tertiary/aromatic N) is 1. The summed E-state index contributed by atoms with van der Waals surface area (Å²) in [7, 11) is 0. The third-order valence-electron chi connectivity index (χ3n) is 2.42. The summed E-state index contributed by atoms with van der Waals surface area (Å²) in [4.78, 5) is 5.52. The van der Waals surface area contributed by atoms with Gasteiger partial charge in [-0.2, -0.15) is 0 Å². The molecule has 0 aliphatic carbocycles. The minimum atomic E-state index is 0.0436. The van der Waals surface area contributed by atoms with Gasteiger partial charge in [0.25, 0.3) is 0 Å². The predicted molar refractivity (Wildman–Crippen MR) is 71.0 cm³/mol. The quantitative estimate of drug-likeness (QED) is 0.847. The van der Waals surface area contributed by atoms with E-state index in [1.54, 1.807) is 23.1 Å². The van der Waals surface area contributed by atoms with Crippen LogP contribution in [0.25, 0.3) is 0 Å². The molecule has 4 heteroatoms. The van der Waals surface area contributed by atoms with Crippen LogP contribution in [0.3, 0.4) is 0 Å². The van der Waals surface area contributed by atoms with Gasteiger partial charge >= 0.3 is 0 Å². The van der Waals surface area contributed by atoms with Crippen LogP contribution < -0.4 is 5.73 Å². The van der Waals surface area contributed by atoms with Gasteiger partial charge in [-0.25, -0.2) is 4.98 Å². The molecule has 1 unspecified atom stereocenters. The van der Waals surface area contributed by atoms with Crippen LogP contribution in [0.2, 0.25) is 0 Å². The van der Waals surface area contributed by atoms with Gasteiger partial charge < -0.3 is 5.73 Å². The number of benzene rings is 1. The van der Waals surface area contributed by atoms with E-state index in [9.17, 15) is 0 Å².